The number of hydrogen-bond acceptors (Lipinski definition) is 19. The molecule has 16 bridgehead atoms. The maximum Gasteiger partial charge on any atom is 0.319 e. The summed E-state index contributed by atoms with van der Waals surface area (Å²) in [7, 11) is 0. The van der Waals surface area contributed by atoms with E-state index in [4.69, 9.17) is 42.6 Å². The van der Waals surface area contributed by atoms with Crippen molar-refractivity contribution in [1.82, 2.24) is 65.8 Å². The molecule has 9 aliphatic rings. The van der Waals surface area contributed by atoms with Crippen LogP contribution in [0.25, 0.3) is 0 Å². The number of nitrogens with zero attached hydrogens (tertiary/aromatic N) is 10. The first kappa shape index (κ1) is 57.4. The number of ether oxygens (including phenoxy) is 9. The van der Waals surface area contributed by atoms with Gasteiger partial charge in [-0.2, -0.15) is 0 Å². The molecule has 0 saturated heterocycles. The summed E-state index contributed by atoms with van der Waals surface area (Å²) in [6.45, 7) is 6.71. The van der Waals surface area contributed by atoms with Crippen molar-refractivity contribution < 1.29 is 57.0 Å². The lowest BCUT2D eigenvalue weighted by Crippen LogP contribution is -2.44. The summed E-state index contributed by atoms with van der Waals surface area (Å²) in [5.41, 5.74) is 3.49. The minimum Gasteiger partial charge on any atom is -0.491 e. The molecule has 0 spiro atoms. The third-order valence-corrected chi connectivity index (χ3v) is 12.1. The second-order valence-corrected chi connectivity index (χ2v) is 18.4. The predicted molar refractivity (Wildman–Crippen MR) is 295 cm³/mol. The number of hydrogen-bond donors (Lipinski definition) is 6. The normalized spacial score (nSPS) is 17.0. The lowest BCUT2D eigenvalue weighted by Gasteiger charge is -2.23. The van der Waals surface area contributed by atoms with Crippen LogP contribution >= 0.6 is 0 Å². The number of amides is 6. The van der Waals surface area contributed by atoms with Crippen LogP contribution in [0.1, 0.15) is 17.1 Å². The molecule has 0 fully saturated rings. The van der Waals surface area contributed by atoms with Gasteiger partial charge in [0.25, 0.3) is 0 Å². The van der Waals surface area contributed by atoms with Gasteiger partial charge in [-0.1, -0.05) is 15.6 Å². The molecule has 3 aromatic heterocycles. The van der Waals surface area contributed by atoms with Gasteiger partial charge in [0, 0.05) is 74.5 Å². The van der Waals surface area contributed by atoms with E-state index in [1.54, 1.807) is 124 Å². The van der Waals surface area contributed by atoms with Crippen LogP contribution in [0.2, 0.25) is 0 Å². The van der Waals surface area contributed by atoms with Crippen molar-refractivity contribution in [3.05, 3.63) is 127 Å². The van der Waals surface area contributed by atoms with Crippen LogP contribution in [0.5, 0.6) is 34.5 Å². The highest BCUT2D eigenvalue weighted by atomic mass is 16.5. The first-order chi connectivity index (χ1) is 40.3. The molecule has 28 nitrogen and oxygen atoms in total. The number of rotatable bonds is 0. The SMILES string of the molecule is O=C1NCCN2CCNC(=O)Nc3ccc(cc3)OCCOCCn3cc(nn3)COc3cc(cc(c3)OCc3cn(nn3)CCOCCOc3ccc(cc3)NC(=O)NCC2)OCc2cn(nn2)CCOCCOc2ccc(cc2)N1. The van der Waals surface area contributed by atoms with Gasteiger partial charge in [-0.05, 0) is 72.8 Å². The number of aromatic nitrogens is 9. The Balaban J connectivity index is 0.883. The first-order valence-electron chi connectivity index (χ1n) is 26.8. The second-order valence-electron chi connectivity index (χ2n) is 18.4. The minimum atomic E-state index is -0.404. The summed E-state index contributed by atoms with van der Waals surface area (Å²) in [5, 5.41) is 42.7. The summed E-state index contributed by atoms with van der Waals surface area (Å²) in [5.74, 6) is 3.20. The molecule has 0 unspecified atom stereocenters. The lowest BCUT2D eigenvalue weighted by atomic mass is 10.3. The average Bonchev–Trinajstić information content (AvgIpc) is 4.27. The smallest absolute Gasteiger partial charge is 0.319 e. The topological polar surface area (TPSA) is 302 Å². The summed E-state index contributed by atoms with van der Waals surface area (Å²) in [6, 6.07) is 25.0. The third-order valence-electron chi connectivity index (χ3n) is 12.1. The van der Waals surface area contributed by atoms with Crippen LogP contribution in [-0.4, -0.2) is 167 Å². The molecule has 6 N–H and O–H groups in total. The van der Waals surface area contributed by atoms with Gasteiger partial charge < -0.3 is 74.5 Å². The zero-order chi connectivity index (χ0) is 56.4. The van der Waals surface area contributed by atoms with E-state index in [2.05, 4.69) is 62.8 Å². The van der Waals surface area contributed by atoms with Gasteiger partial charge in [0.1, 0.15) is 91.2 Å². The Morgan fingerprint density at radius 2 is 0.646 bits per heavy atom. The standard InChI is InChI=1S/C54H66N16O12/c71-52-55-13-16-67-17-14-56-53(72)59-41-3-9-47(10-4-41)78-29-26-75-23-20-69-35-44(62-65-69)38-81-50-31-49(80-37-43-34-68(64-61-43)19-22-74-25-28-77-46-7-1-40(58-52)2-8-46)32-51(33-50)82-39-45-36-70(66-63-45)21-24-76-27-30-79-48-11-5-42(6-12-48)60-54(73)57-15-18-67/h1-12,31-36H,13-30,37-39H2,(H2,55,58,71)(H2,56,59,72)(H2,57,60,73). The van der Waals surface area contributed by atoms with Gasteiger partial charge in [0.05, 0.1) is 77.9 Å². The van der Waals surface area contributed by atoms with E-state index in [1.807, 2.05) is 4.90 Å². The zero-order valence-electron chi connectivity index (χ0n) is 45.1. The van der Waals surface area contributed by atoms with E-state index < -0.39 is 18.1 Å². The van der Waals surface area contributed by atoms with Gasteiger partial charge in [0.2, 0.25) is 0 Å². The van der Waals surface area contributed by atoms with Gasteiger partial charge in [-0.25, -0.2) is 28.4 Å². The maximum atomic E-state index is 13.0. The molecule has 0 radical (unpaired) electrons. The summed E-state index contributed by atoms with van der Waals surface area (Å²) >= 11 is 0. The summed E-state index contributed by atoms with van der Waals surface area (Å²) in [6.07, 6.45) is 5.36. The fraction of sp³-hybridized carbons (Fsp3) is 0.389. The van der Waals surface area contributed by atoms with Crippen molar-refractivity contribution in [2.75, 3.05) is 115 Å². The summed E-state index contributed by atoms with van der Waals surface area (Å²) < 4.78 is 58.6. The highest BCUT2D eigenvalue weighted by molar-refractivity contribution is 5.90. The van der Waals surface area contributed by atoms with Gasteiger partial charge in [-0.3, -0.25) is 4.90 Å². The molecular formula is C54H66N16O12. The predicted octanol–water partition coefficient (Wildman–Crippen LogP) is 4.18. The molecule has 12 heterocycles. The molecule has 0 aliphatic carbocycles. The monoisotopic (exact) mass is 1130 g/mol. The van der Waals surface area contributed by atoms with E-state index in [0.717, 1.165) is 0 Å². The Hall–Kier alpha value is -9.25. The largest absolute Gasteiger partial charge is 0.491 e. The van der Waals surface area contributed by atoms with E-state index in [0.29, 0.717) is 167 Å². The molecule has 28 heteroatoms. The highest BCUT2D eigenvalue weighted by Crippen LogP contribution is 2.30. The number of anilines is 3. The molecule has 6 amide bonds. The van der Waals surface area contributed by atoms with E-state index >= 15 is 0 Å². The number of carbonyl (C=O) groups is 3. The Labute approximate surface area is 471 Å². The highest BCUT2D eigenvalue weighted by Gasteiger charge is 2.14. The van der Waals surface area contributed by atoms with E-state index in [9.17, 15) is 14.4 Å². The Kier molecular flexibility index (Phi) is 21.7. The first-order valence-corrected chi connectivity index (χ1v) is 26.8. The fourth-order valence-corrected chi connectivity index (χ4v) is 7.99. The van der Waals surface area contributed by atoms with Crippen molar-refractivity contribution in [3.63, 3.8) is 0 Å². The minimum absolute atomic E-state index is 0.110. The molecule has 7 aromatic rings. The Morgan fingerprint density at radius 3 is 0.951 bits per heavy atom. The van der Waals surface area contributed by atoms with Crippen molar-refractivity contribution in [1.29, 1.82) is 0 Å². The van der Waals surface area contributed by atoms with Crippen LogP contribution in [-0.2, 0) is 53.7 Å². The third kappa shape index (κ3) is 19.8. The van der Waals surface area contributed by atoms with Crippen molar-refractivity contribution in [2.45, 2.75) is 39.5 Å². The Bertz CT molecular complexity index is 2730. The van der Waals surface area contributed by atoms with Crippen LogP contribution in [0, 0.1) is 0 Å². The molecule has 4 aromatic carbocycles. The quantitative estimate of drug-likeness (QED) is 0.124. The molecule has 82 heavy (non-hydrogen) atoms. The average molecular weight is 1130 g/mol. The molecule has 16 rings (SSSR count). The Morgan fingerprint density at radius 1 is 0.341 bits per heavy atom. The molecule has 9 aliphatic heterocycles. The van der Waals surface area contributed by atoms with Crippen molar-refractivity contribution >= 4 is 35.2 Å². The molecule has 0 atom stereocenters. The van der Waals surface area contributed by atoms with E-state index in [1.165, 1.54) is 0 Å². The number of carbonyl (C=O) groups excluding carboxylic acids is 3. The zero-order valence-corrected chi connectivity index (χ0v) is 45.1. The number of nitrogens with one attached hydrogen (secondary N) is 6. The van der Waals surface area contributed by atoms with Crippen LogP contribution in [0.15, 0.2) is 110 Å². The lowest BCUT2D eigenvalue weighted by molar-refractivity contribution is 0.0923. The number of benzene rings is 4. The fourth-order valence-electron chi connectivity index (χ4n) is 7.99. The van der Waals surface area contributed by atoms with Crippen molar-refractivity contribution in [3.8, 4) is 34.5 Å². The van der Waals surface area contributed by atoms with Gasteiger partial charge in [0.15, 0.2) is 0 Å². The van der Waals surface area contributed by atoms with Gasteiger partial charge >= 0.3 is 18.1 Å². The van der Waals surface area contributed by atoms with Crippen LogP contribution in [0.3, 0.4) is 0 Å². The second kappa shape index (κ2) is 30.9. The maximum absolute atomic E-state index is 13.0. The van der Waals surface area contributed by atoms with Crippen LogP contribution < -0.4 is 60.3 Å². The van der Waals surface area contributed by atoms with Crippen molar-refractivity contribution in [2.24, 2.45) is 0 Å². The summed E-state index contributed by atoms with van der Waals surface area (Å²) in [4.78, 5) is 40.9. The van der Waals surface area contributed by atoms with E-state index in [-0.39, 0.29) is 39.5 Å². The number of urea groups is 3. The van der Waals surface area contributed by atoms with Crippen LogP contribution in [0.4, 0.5) is 31.4 Å². The molecular weight excluding hydrogens is 1060 g/mol. The molecule has 0 saturated carbocycles. The molecule has 434 valence electrons. The van der Waals surface area contributed by atoms with Gasteiger partial charge in [-0.15, -0.1) is 15.3 Å².